The summed E-state index contributed by atoms with van der Waals surface area (Å²) in [6.45, 7) is 6.85. The van der Waals surface area contributed by atoms with Crippen molar-refractivity contribution in [3.05, 3.63) is 22.5 Å². The molecule has 2 aromatic rings. The summed E-state index contributed by atoms with van der Waals surface area (Å²) in [5, 5.41) is 1.14. The first kappa shape index (κ1) is 16.4. The number of nitrogens with zero attached hydrogens (tertiary/aromatic N) is 3. The molecule has 23 heavy (non-hydrogen) atoms. The molecule has 3 rings (SSSR count). The third-order valence-corrected chi connectivity index (χ3v) is 5.97. The summed E-state index contributed by atoms with van der Waals surface area (Å²) in [6, 6.07) is 2.29. The third-order valence-electron chi connectivity index (χ3n) is 4.78. The summed E-state index contributed by atoms with van der Waals surface area (Å²) < 4.78 is 0. The van der Waals surface area contributed by atoms with E-state index in [0.29, 0.717) is 19.0 Å². The van der Waals surface area contributed by atoms with E-state index in [4.69, 9.17) is 0 Å². The standard InChI is InChI=1S/C18H25N3OS/c1-4-21(13(3)22)11-16-15-10-17(14-8-6-5-7-9-14)23-18(15)20-12(2)19-16/h10,14H,4-9,11H2,1-3H3. The van der Waals surface area contributed by atoms with Gasteiger partial charge in [0.25, 0.3) is 0 Å². The van der Waals surface area contributed by atoms with Crippen molar-refractivity contribution >= 4 is 27.5 Å². The second-order valence-electron chi connectivity index (χ2n) is 6.45. The number of rotatable bonds is 4. The van der Waals surface area contributed by atoms with Crippen molar-refractivity contribution in [3.8, 4) is 0 Å². The molecule has 1 amide bonds. The molecule has 0 saturated heterocycles. The molecule has 0 N–H and O–H groups in total. The minimum absolute atomic E-state index is 0.0969. The van der Waals surface area contributed by atoms with E-state index in [2.05, 4.69) is 16.0 Å². The van der Waals surface area contributed by atoms with Crippen molar-refractivity contribution in [1.82, 2.24) is 14.9 Å². The van der Waals surface area contributed by atoms with E-state index in [0.717, 1.165) is 21.7 Å². The quantitative estimate of drug-likeness (QED) is 0.833. The Labute approximate surface area is 141 Å². The highest BCUT2D eigenvalue weighted by molar-refractivity contribution is 7.18. The number of carbonyl (C=O) groups is 1. The molecule has 0 atom stereocenters. The maximum atomic E-state index is 11.7. The van der Waals surface area contributed by atoms with Gasteiger partial charge in [0, 0.05) is 23.7 Å². The molecule has 0 spiro atoms. The summed E-state index contributed by atoms with van der Waals surface area (Å²) in [5.74, 6) is 1.58. The third kappa shape index (κ3) is 3.55. The number of hydrogen-bond acceptors (Lipinski definition) is 4. The van der Waals surface area contributed by atoms with E-state index in [1.807, 2.05) is 30.1 Å². The molecular weight excluding hydrogens is 306 g/mol. The molecule has 2 aromatic heterocycles. The molecule has 0 aromatic carbocycles. The molecule has 124 valence electrons. The van der Waals surface area contributed by atoms with Crippen molar-refractivity contribution in [2.24, 2.45) is 0 Å². The van der Waals surface area contributed by atoms with Gasteiger partial charge in [-0.05, 0) is 38.7 Å². The monoisotopic (exact) mass is 331 g/mol. The van der Waals surface area contributed by atoms with Gasteiger partial charge in [-0.15, -0.1) is 11.3 Å². The van der Waals surface area contributed by atoms with Crippen LogP contribution in [0.5, 0.6) is 0 Å². The van der Waals surface area contributed by atoms with Gasteiger partial charge in [-0.25, -0.2) is 9.97 Å². The van der Waals surface area contributed by atoms with Gasteiger partial charge in [0.2, 0.25) is 5.91 Å². The first-order valence-electron chi connectivity index (χ1n) is 8.61. The average molecular weight is 331 g/mol. The number of hydrogen-bond donors (Lipinski definition) is 0. The fourth-order valence-corrected chi connectivity index (χ4v) is 4.72. The van der Waals surface area contributed by atoms with Gasteiger partial charge in [0.05, 0.1) is 12.2 Å². The number of aryl methyl sites for hydroxylation is 1. The Bertz CT molecular complexity index is 704. The molecule has 0 bridgehead atoms. The average Bonchev–Trinajstić information content (AvgIpc) is 2.96. The summed E-state index contributed by atoms with van der Waals surface area (Å²) in [6.07, 6.45) is 6.64. The van der Waals surface area contributed by atoms with Crippen LogP contribution >= 0.6 is 11.3 Å². The molecular formula is C18H25N3OS. The lowest BCUT2D eigenvalue weighted by molar-refractivity contribution is -0.129. The lowest BCUT2D eigenvalue weighted by Crippen LogP contribution is -2.28. The fraction of sp³-hybridized carbons (Fsp3) is 0.611. The smallest absolute Gasteiger partial charge is 0.219 e. The maximum absolute atomic E-state index is 11.7. The van der Waals surface area contributed by atoms with E-state index >= 15 is 0 Å². The van der Waals surface area contributed by atoms with E-state index in [1.54, 1.807) is 6.92 Å². The van der Waals surface area contributed by atoms with Crippen LogP contribution < -0.4 is 0 Å². The molecule has 1 fully saturated rings. The van der Waals surface area contributed by atoms with Gasteiger partial charge in [0.15, 0.2) is 0 Å². The Balaban J connectivity index is 1.96. The van der Waals surface area contributed by atoms with Crippen LogP contribution in [0.2, 0.25) is 0 Å². The first-order chi connectivity index (χ1) is 11.1. The second kappa shape index (κ2) is 6.95. The van der Waals surface area contributed by atoms with Crippen LogP contribution in [0.4, 0.5) is 0 Å². The first-order valence-corrected chi connectivity index (χ1v) is 9.42. The Kier molecular flexibility index (Phi) is 4.95. The number of amides is 1. The zero-order chi connectivity index (χ0) is 16.4. The van der Waals surface area contributed by atoms with Crippen LogP contribution in [-0.2, 0) is 11.3 Å². The van der Waals surface area contributed by atoms with Gasteiger partial charge in [0.1, 0.15) is 10.7 Å². The predicted octanol–water partition coefficient (Wildman–Crippen LogP) is 4.42. The largest absolute Gasteiger partial charge is 0.337 e. The molecule has 2 heterocycles. The number of carbonyl (C=O) groups excluding carboxylic acids is 1. The van der Waals surface area contributed by atoms with Crippen LogP contribution in [0, 0.1) is 6.92 Å². The van der Waals surface area contributed by atoms with Crippen LogP contribution in [-0.4, -0.2) is 27.3 Å². The Morgan fingerprint density at radius 1 is 1.30 bits per heavy atom. The van der Waals surface area contributed by atoms with Crippen molar-refractivity contribution < 1.29 is 4.79 Å². The van der Waals surface area contributed by atoms with Gasteiger partial charge in [-0.2, -0.15) is 0 Å². The summed E-state index contributed by atoms with van der Waals surface area (Å²) in [7, 11) is 0. The summed E-state index contributed by atoms with van der Waals surface area (Å²) >= 11 is 1.82. The number of aromatic nitrogens is 2. The van der Waals surface area contributed by atoms with Crippen LogP contribution in [0.3, 0.4) is 0 Å². The molecule has 5 heteroatoms. The van der Waals surface area contributed by atoms with Crippen LogP contribution in [0.15, 0.2) is 6.07 Å². The van der Waals surface area contributed by atoms with Gasteiger partial charge in [-0.3, -0.25) is 4.79 Å². The van der Waals surface area contributed by atoms with Gasteiger partial charge < -0.3 is 4.90 Å². The Hall–Kier alpha value is -1.49. The lowest BCUT2D eigenvalue weighted by Gasteiger charge is -2.20. The highest BCUT2D eigenvalue weighted by atomic mass is 32.1. The summed E-state index contributed by atoms with van der Waals surface area (Å²) in [4.78, 5) is 25.4. The topological polar surface area (TPSA) is 46.1 Å². The second-order valence-corrected chi connectivity index (χ2v) is 7.52. The normalized spacial score (nSPS) is 16.0. The van der Waals surface area contributed by atoms with Crippen molar-refractivity contribution in [2.75, 3.05) is 6.54 Å². The minimum Gasteiger partial charge on any atom is -0.337 e. The lowest BCUT2D eigenvalue weighted by atomic mass is 9.88. The van der Waals surface area contributed by atoms with E-state index in [9.17, 15) is 4.79 Å². The minimum atomic E-state index is 0.0969. The molecule has 1 aliphatic carbocycles. The SMILES string of the molecule is CCN(Cc1nc(C)nc2sc(C3CCCCC3)cc12)C(C)=O. The van der Waals surface area contributed by atoms with Crippen LogP contribution in [0.25, 0.3) is 10.2 Å². The fourth-order valence-electron chi connectivity index (χ4n) is 3.45. The highest BCUT2D eigenvalue weighted by Gasteiger charge is 2.20. The zero-order valence-corrected chi connectivity index (χ0v) is 15.1. The molecule has 1 aliphatic rings. The predicted molar refractivity (Wildman–Crippen MR) is 94.7 cm³/mol. The van der Waals surface area contributed by atoms with Crippen LogP contribution in [0.1, 0.15) is 68.3 Å². The molecule has 0 radical (unpaired) electrons. The number of thiophene rings is 1. The molecule has 0 unspecified atom stereocenters. The van der Waals surface area contributed by atoms with Crippen molar-refractivity contribution in [1.29, 1.82) is 0 Å². The Morgan fingerprint density at radius 2 is 2.04 bits per heavy atom. The van der Waals surface area contributed by atoms with E-state index in [1.165, 1.54) is 37.0 Å². The van der Waals surface area contributed by atoms with Gasteiger partial charge >= 0.3 is 0 Å². The molecule has 4 nitrogen and oxygen atoms in total. The Morgan fingerprint density at radius 3 is 2.70 bits per heavy atom. The maximum Gasteiger partial charge on any atom is 0.219 e. The highest BCUT2D eigenvalue weighted by Crippen LogP contribution is 2.39. The van der Waals surface area contributed by atoms with E-state index in [-0.39, 0.29) is 5.91 Å². The molecule has 0 aliphatic heterocycles. The van der Waals surface area contributed by atoms with Crippen molar-refractivity contribution in [3.63, 3.8) is 0 Å². The summed E-state index contributed by atoms with van der Waals surface area (Å²) in [5.41, 5.74) is 0.989. The zero-order valence-electron chi connectivity index (χ0n) is 14.3. The molecule has 1 saturated carbocycles. The number of fused-ring (bicyclic) bond motifs is 1. The van der Waals surface area contributed by atoms with E-state index < -0.39 is 0 Å². The van der Waals surface area contributed by atoms with Crippen molar-refractivity contribution in [2.45, 2.75) is 65.3 Å². The van der Waals surface area contributed by atoms with Gasteiger partial charge in [-0.1, -0.05) is 19.3 Å².